The highest BCUT2D eigenvalue weighted by molar-refractivity contribution is 7.90. The first-order valence-corrected chi connectivity index (χ1v) is 7.74. The second-order valence-corrected chi connectivity index (χ2v) is 6.72. The van der Waals surface area contributed by atoms with Crippen molar-refractivity contribution in [3.8, 4) is 5.75 Å². The van der Waals surface area contributed by atoms with Crippen LogP contribution < -0.4 is 4.74 Å². The van der Waals surface area contributed by atoms with E-state index in [0.29, 0.717) is 11.3 Å². The van der Waals surface area contributed by atoms with Gasteiger partial charge in [-0.1, -0.05) is 13.8 Å². The molecule has 0 saturated carbocycles. The van der Waals surface area contributed by atoms with Crippen LogP contribution in [-0.2, 0) is 10.0 Å². The Bertz CT molecular complexity index is 704. The van der Waals surface area contributed by atoms with Crippen molar-refractivity contribution in [1.29, 1.82) is 0 Å². The summed E-state index contributed by atoms with van der Waals surface area (Å²) in [5, 5.41) is 0. The fourth-order valence-electron chi connectivity index (χ4n) is 2.09. The van der Waals surface area contributed by atoms with Gasteiger partial charge in [0.25, 0.3) is 10.0 Å². The molecular formula is C14H18N2O3S. The van der Waals surface area contributed by atoms with E-state index in [1.165, 1.54) is 18.7 Å². The molecule has 1 aromatic carbocycles. The number of imidazole rings is 1. The average Bonchev–Trinajstić information content (AvgIpc) is 2.92. The third-order valence-electron chi connectivity index (χ3n) is 3.18. The van der Waals surface area contributed by atoms with E-state index < -0.39 is 10.0 Å². The van der Waals surface area contributed by atoms with E-state index in [1.807, 2.05) is 13.8 Å². The van der Waals surface area contributed by atoms with Gasteiger partial charge in [0.1, 0.15) is 12.1 Å². The first-order chi connectivity index (χ1) is 9.37. The molecule has 0 aliphatic rings. The average molecular weight is 294 g/mol. The lowest BCUT2D eigenvalue weighted by Gasteiger charge is -2.16. The van der Waals surface area contributed by atoms with Crippen molar-refractivity contribution < 1.29 is 13.2 Å². The number of ether oxygens (including phenoxy) is 1. The molecule has 1 aromatic heterocycles. The Morgan fingerprint density at radius 2 is 2.00 bits per heavy atom. The Balaban J connectivity index is 2.67. The number of benzene rings is 1. The van der Waals surface area contributed by atoms with E-state index in [1.54, 1.807) is 26.2 Å². The molecule has 0 atom stereocenters. The highest BCUT2D eigenvalue weighted by Crippen LogP contribution is 2.32. The van der Waals surface area contributed by atoms with Crippen molar-refractivity contribution in [2.24, 2.45) is 0 Å². The molecule has 20 heavy (non-hydrogen) atoms. The molecule has 2 aromatic rings. The molecule has 0 amide bonds. The van der Waals surface area contributed by atoms with Gasteiger partial charge >= 0.3 is 0 Å². The molecular weight excluding hydrogens is 276 g/mol. The molecule has 0 aliphatic carbocycles. The standard InChI is InChI=1S/C14H18N2O3S/c1-10(2)12-8-14(11(3)7-13(12)19-4)20(17,18)16-6-5-15-9-16/h5-10H,1-4H3. The molecule has 0 fully saturated rings. The third kappa shape index (κ3) is 2.43. The smallest absolute Gasteiger partial charge is 0.269 e. The predicted octanol–water partition coefficient (Wildman–Crippen LogP) is 2.56. The summed E-state index contributed by atoms with van der Waals surface area (Å²) in [5.74, 6) is 0.879. The Labute approximate surface area is 119 Å². The number of aromatic nitrogens is 2. The highest BCUT2D eigenvalue weighted by atomic mass is 32.2. The van der Waals surface area contributed by atoms with Crippen molar-refractivity contribution in [3.63, 3.8) is 0 Å². The number of aryl methyl sites for hydroxylation is 1. The van der Waals surface area contributed by atoms with Gasteiger partial charge in [0.15, 0.2) is 0 Å². The number of rotatable bonds is 4. The highest BCUT2D eigenvalue weighted by Gasteiger charge is 2.22. The summed E-state index contributed by atoms with van der Waals surface area (Å²) in [7, 11) is -2.02. The van der Waals surface area contributed by atoms with Crippen molar-refractivity contribution in [3.05, 3.63) is 42.0 Å². The SMILES string of the molecule is COc1cc(C)c(S(=O)(=O)n2ccnc2)cc1C(C)C. The third-order valence-corrected chi connectivity index (χ3v) is 4.95. The van der Waals surface area contributed by atoms with Crippen molar-refractivity contribution in [1.82, 2.24) is 8.96 Å². The molecule has 6 heteroatoms. The van der Waals surface area contributed by atoms with E-state index in [-0.39, 0.29) is 10.8 Å². The van der Waals surface area contributed by atoms with Crippen LogP contribution in [0.3, 0.4) is 0 Å². The van der Waals surface area contributed by atoms with Gasteiger partial charge < -0.3 is 4.74 Å². The maximum absolute atomic E-state index is 12.6. The van der Waals surface area contributed by atoms with Gasteiger partial charge in [-0.25, -0.2) is 17.4 Å². The van der Waals surface area contributed by atoms with Crippen molar-refractivity contribution in [2.75, 3.05) is 7.11 Å². The number of methoxy groups -OCH3 is 1. The summed E-state index contributed by atoms with van der Waals surface area (Å²) in [6.45, 7) is 5.76. The molecule has 0 aliphatic heterocycles. The molecule has 108 valence electrons. The zero-order valence-corrected chi connectivity index (χ0v) is 12.8. The van der Waals surface area contributed by atoms with E-state index in [2.05, 4.69) is 4.98 Å². The summed E-state index contributed by atoms with van der Waals surface area (Å²) in [4.78, 5) is 4.07. The van der Waals surface area contributed by atoms with Gasteiger partial charge in [0, 0.05) is 12.4 Å². The van der Waals surface area contributed by atoms with Crippen LogP contribution in [0.4, 0.5) is 0 Å². The first kappa shape index (κ1) is 14.6. The van der Waals surface area contributed by atoms with E-state index >= 15 is 0 Å². The molecule has 0 unspecified atom stereocenters. The fraction of sp³-hybridized carbons (Fsp3) is 0.357. The lowest BCUT2D eigenvalue weighted by atomic mass is 10.0. The van der Waals surface area contributed by atoms with Gasteiger partial charge in [0.05, 0.1) is 12.0 Å². The minimum atomic E-state index is -3.61. The molecule has 2 rings (SSSR count). The quantitative estimate of drug-likeness (QED) is 0.869. The van der Waals surface area contributed by atoms with Crippen LogP contribution in [-0.4, -0.2) is 24.5 Å². The number of nitrogens with zero attached hydrogens (tertiary/aromatic N) is 2. The van der Waals surface area contributed by atoms with Crippen LogP contribution in [0.5, 0.6) is 5.75 Å². The summed E-state index contributed by atoms with van der Waals surface area (Å²) in [6, 6.07) is 3.45. The van der Waals surface area contributed by atoms with Gasteiger partial charge in [-0.15, -0.1) is 0 Å². The van der Waals surface area contributed by atoms with Crippen LogP contribution in [0.15, 0.2) is 35.7 Å². The molecule has 5 nitrogen and oxygen atoms in total. The minimum absolute atomic E-state index is 0.169. The monoisotopic (exact) mass is 294 g/mol. The minimum Gasteiger partial charge on any atom is -0.496 e. The predicted molar refractivity (Wildman–Crippen MR) is 76.6 cm³/mol. The topological polar surface area (TPSA) is 61.2 Å². The Morgan fingerprint density at radius 1 is 1.30 bits per heavy atom. The number of hydrogen-bond donors (Lipinski definition) is 0. The lowest BCUT2D eigenvalue weighted by molar-refractivity contribution is 0.406. The number of hydrogen-bond acceptors (Lipinski definition) is 4. The summed E-state index contributed by atoms with van der Waals surface area (Å²) in [5.41, 5.74) is 1.52. The zero-order valence-electron chi connectivity index (χ0n) is 12.0. The van der Waals surface area contributed by atoms with Crippen molar-refractivity contribution >= 4 is 10.0 Å². The van der Waals surface area contributed by atoms with Crippen LogP contribution in [0.25, 0.3) is 0 Å². The van der Waals surface area contributed by atoms with Crippen LogP contribution in [0.1, 0.15) is 30.9 Å². The van der Waals surface area contributed by atoms with Crippen molar-refractivity contribution in [2.45, 2.75) is 31.6 Å². The summed E-state index contributed by atoms with van der Waals surface area (Å²) < 4.78 is 31.6. The molecule has 0 radical (unpaired) electrons. The normalized spacial score (nSPS) is 11.8. The molecule has 0 saturated heterocycles. The largest absolute Gasteiger partial charge is 0.496 e. The van der Waals surface area contributed by atoms with Crippen LogP contribution in [0, 0.1) is 6.92 Å². The Kier molecular flexibility index (Phi) is 3.85. The van der Waals surface area contributed by atoms with Gasteiger partial charge in [-0.3, -0.25) is 0 Å². The fourth-order valence-corrected chi connectivity index (χ4v) is 3.45. The van der Waals surface area contributed by atoms with E-state index in [0.717, 1.165) is 9.54 Å². The second-order valence-electron chi connectivity index (χ2n) is 4.91. The summed E-state index contributed by atoms with van der Waals surface area (Å²) >= 11 is 0. The Hall–Kier alpha value is -1.82. The molecule has 1 heterocycles. The van der Waals surface area contributed by atoms with Gasteiger partial charge in [-0.2, -0.15) is 0 Å². The molecule has 0 N–H and O–H groups in total. The molecule has 0 spiro atoms. The van der Waals surface area contributed by atoms with Gasteiger partial charge in [0.2, 0.25) is 0 Å². The lowest BCUT2D eigenvalue weighted by Crippen LogP contribution is -2.13. The zero-order chi connectivity index (χ0) is 14.9. The molecule has 0 bridgehead atoms. The first-order valence-electron chi connectivity index (χ1n) is 6.30. The maximum Gasteiger partial charge on any atom is 0.269 e. The second kappa shape index (κ2) is 5.28. The van der Waals surface area contributed by atoms with Crippen LogP contribution in [0.2, 0.25) is 0 Å². The summed E-state index contributed by atoms with van der Waals surface area (Å²) in [6.07, 6.45) is 4.15. The maximum atomic E-state index is 12.6. The van der Waals surface area contributed by atoms with E-state index in [9.17, 15) is 8.42 Å². The Morgan fingerprint density at radius 3 is 2.50 bits per heavy atom. The van der Waals surface area contributed by atoms with Crippen LogP contribution >= 0.6 is 0 Å². The van der Waals surface area contributed by atoms with Gasteiger partial charge in [-0.05, 0) is 36.1 Å². The van der Waals surface area contributed by atoms with E-state index in [4.69, 9.17) is 4.74 Å².